The van der Waals surface area contributed by atoms with Crippen LogP contribution in [0.1, 0.15) is 26.3 Å². The summed E-state index contributed by atoms with van der Waals surface area (Å²) in [5, 5.41) is 3.62. The van der Waals surface area contributed by atoms with Gasteiger partial charge in [0.15, 0.2) is 0 Å². The molecule has 0 saturated carbocycles. The molecule has 3 rings (SSSR count). The number of nitrogens with one attached hydrogen (secondary N) is 1. The molecule has 11 heteroatoms. The number of hydrogen-bond donors (Lipinski definition) is 1. The quantitative estimate of drug-likeness (QED) is 0.249. The summed E-state index contributed by atoms with van der Waals surface area (Å²) in [7, 11) is -4.11. The van der Waals surface area contributed by atoms with Gasteiger partial charge in [-0.25, -0.2) is 8.42 Å². The number of halogens is 3. The van der Waals surface area contributed by atoms with Gasteiger partial charge in [-0.3, -0.25) is 13.9 Å². The lowest BCUT2D eigenvalue weighted by atomic mass is 10.1. The largest absolute Gasteiger partial charge is 0.354 e. The normalized spacial score (nSPS) is 12.2. The first kappa shape index (κ1) is 31.2. The van der Waals surface area contributed by atoms with Gasteiger partial charge in [-0.2, -0.15) is 0 Å². The Kier molecular flexibility index (Phi) is 11.1. The molecule has 0 aliphatic carbocycles. The van der Waals surface area contributed by atoms with Gasteiger partial charge < -0.3 is 10.2 Å². The maximum absolute atomic E-state index is 13.9. The Morgan fingerprint density at radius 3 is 2.18 bits per heavy atom. The van der Waals surface area contributed by atoms with Crippen molar-refractivity contribution in [2.24, 2.45) is 5.92 Å². The Hall–Kier alpha value is -2.34. The van der Waals surface area contributed by atoms with Crippen molar-refractivity contribution in [1.29, 1.82) is 0 Å². The summed E-state index contributed by atoms with van der Waals surface area (Å²) >= 11 is 14.6. The second-order valence-corrected chi connectivity index (χ2v) is 13.3. The number of rotatable bonds is 11. The Balaban J connectivity index is 2.01. The van der Waals surface area contributed by atoms with Gasteiger partial charge in [-0.05, 0) is 89.5 Å². The van der Waals surface area contributed by atoms with Crippen molar-refractivity contribution >= 4 is 73.3 Å². The van der Waals surface area contributed by atoms with Crippen molar-refractivity contribution in [1.82, 2.24) is 10.2 Å². The number of amides is 2. The van der Waals surface area contributed by atoms with Crippen molar-refractivity contribution in [2.45, 2.75) is 38.3 Å². The number of benzene rings is 3. The molecule has 1 N–H and O–H groups in total. The van der Waals surface area contributed by atoms with E-state index in [9.17, 15) is 18.0 Å². The molecule has 0 radical (unpaired) electrons. The average Bonchev–Trinajstić information content (AvgIpc) is 2.90. The fourth-order valence-corrected chi connectivity index (χ4v) is 5.99. The second-order valence-electron chi connectivity index (χ2n) is 9.37. The van der Waals surface area contributed by atoms with E-state index >= 15 is 0 Å². The maximum Gasteiger partial charge on any atom is 0.264 e. The second kappa shape index (κ2) is 13.8. The minimum atomic E-state index is -4.11. The lowest BCUT2D eigenvalue weighted by molar-refractivity contribution is -0.139. The van der Waals surface area contributed by atoms with E-state index in [0.717, 1.165) is 7.88 Å². The van der Waals surface area contributed by atoms with Crippen LogP contribution in [0.4, 0.5) is 5.69 Å². The molecule has 0 fully saturated rings. The third-order valence-corrected chi connectivity index (χ3v) is 9.03. The minimum absolute atomic E-state index is 0.0169. The highest BCUT2D eigenvalue weighted by Gasteiger charge is 2.32. The SMILES string of the molecule is CC(C)CNC(=O)C(C)N(Cc1ccc(Cl)cc1Cl)C(=O)CN(c1ccc(I)cc1)S(=O)(=O)c1ccccc1. The molecule has 0 aliphatic heterocycles. The Labute approximate surface area is 253 Å². The molecule has 0 saturated heterocycles. The summed E-state index contributed by atoms with van der Waals surface area (Å²) in [6.07, 6.45) is 0. The Morgan fingerprint density at radius 2 is 1.59 bits per heavy atom. The fraction of sp³-hybridized carbons (Fsp3) is 0.286. The van der Waals surface area contributed by atoms with Crippen LogP contribution < -0.4 is 9.62 Å². The molecule has 0 aromatic heterocycles. The van der Waals surface area contributed by atoms with Crippen molar-refractivity contribution in [3.05, 3.63) is 92.0 Å². The highest BCUT2D eigenvalue weighted by molar-refractivity contribution is 14.1. The van der Waals surface area contributed by atoms with Gasteiger partial charge >= 0.3 is 0 Å². The van der Waals surface area contributed by atoms with Crippen LogP contribution >= 0.6 is 45.8 Å². The highest BCUT2D eigenvalue weighted by atomic mass is 127. The van der Waals surface area contributed by atoms with Crippen LogP contribution in [-0.2, 0) is 26.2 Å². The van der Waals surface area contributed by atoms with Crippen LogP contribution in [0.15, 0.2) is 77.7 Å². The molecule has 7 nitrogen and oxygen atoms in total. The van der Waals surface area contributed by atoms with Crippen LogP contribution in [0, 0.1) is 9.49 Å². The zero-order valence-corrected chi connectivity index (χ0v) is 26.3. The van der Waals surface area contributed by atoms with Gasteiger partial charge in [0.1, 0.15) is 12.6 Å². The molecule has 1 atom stereocenters. The zero-order chi connectivity index (χ0) is 28.7. The molecule has 2 amide bonds. The fourth-order valence-electron chi connectivity index (χ4n) is 3.72. The lowest BCUT2D eigenvalue weighted by Crippen LogP contribution is -2.51. The Bertz CT molecular complexity index is 1400. The van der Waals surface area contributed by atoms with E-state index < -0.39 is 28.5 Å². The van der Waals surface area contributed by atoms with Crippen LogP contribution in [-0.4, -0.2) is 44.3 Å². The molecule has 0 aliphatic rings. The van der Waals surface area contributed by atoms with Gasteiger partial charge in [0.2, 0.25) is 11.8 Å². The zero-order valence-electron chi connectivity index (χ0n) is 21.8. The molecule has 0 heterocycles. The van der Waals surface area contributed by atoms with Gasteiger partial charge in [0, 0.05) is 26.7 Å². The molecule has 208 valence electrons. The molecule has 1 unspecified atom stereocenters. The Morgan fingerprint density at radius 1 is 0.949 bits per heavy atom. The summed E-state index contributed by atoms with van der Waals surface area (Å²) in [5.74, 6) is -0.705. The summed E-state index contributed by atoms with van der Waals surface area (Å²) in [5.41, 5.74) is 0.902. The van der Waals surface area contributed by atoms with Crippen LogP contribution in [0.5, 0.6) is 0 Å². The van der Waals surface area contributed by atoms with E-state index in [4.69, 9.17) is 23.2 Å². The van der Waals surface area contributed by atoms with Gasteiger partial charge in [0.05, 0.1) is 10.6 Å². The molecule has 3 aromatic carbocycles. The first-order valence-electron chi connectivity index (χ1n) is 12.2. The predicted octanol–water partition coefficient (Wildman–Crippen LogP) is 5.98. The molecule has 0 bridgehead atoms. The molecular formula is C28H30Cl2IN3O4S. The minimum Gasteiger partial charge on any atom is -0.354 e. The number of sulfonamides is 1. The van der Waals surface area contributed by atoms with E-state index in [1.807, 2.05) is 13.8 Å². The molecule has 0 spiro atoms. The van der Waals surface area contributed by atoms with E-state index in [-0.39, 0.29) is 23.3 Å². The molecule has 3 aromatic rings. The van der Waals surface area contributed by atoms with Crippen LogP contribution in [0.3, 0.4) is 0 Å². The molecule has 39 heavy (non-hydrogen) atoms. The molecular weight excluding hydrogens is 672 g/mol. The van der Waals surface area contributed by atoms with Gasteiger partial charge in [-0.15, -0.1) is 0 Å². The number of carbonyl (C=O) groups excluding carboxylic acids is 2. The van der Waals surface area contributed by atoms with Crippen molar-refractivity contribution < 1.29 is 18.0 Å². The van der Waals surface area contributed by atoms with Crippen molar-refractivity contribution in [3.8, 4) is 0 Å². The van der Waals surface area contributed by atoms with E-state index in [0.29, 0.717) is 27.8 Å². The number of anilines is 1. The third-order valence-electron chi connectivity index (χ3n) is 5.93. The van der Waals surface area contributed by atoms with E-state index in [1.54, 1.807) is 67.6 Å². The average molecular weight is 702 g/mol. The first-order valence-corrected chi connectivity index (χ1v) is 15.5. The number of carbonyl (C=O) groups is 2. The van der Waals surface area contributed by atoms with Crippen molar-refractivity contribution in [3.63, 3.8) is 0 Å². The van der Waals surface area contributed by atoms with Gasteiger partial charge in [-0.1, -0.05) is 61.3 Å². The summed E-state index contributed by atoms with van der Waals surface area (Å²) < 4.78 is 29.5. The van der Waals surface area contributed by atoms with E-state index in [1.165, 1.54) is 17.0 Å². The summed E-state index contributed by atoms with van der Waals surface area (Å²) in [6, 6.07) is 18.7. The predicted molar refractivity (Wildman–Crippen MR) is 164 cm³/mol. The lowest BCUT2D eigenvalue weighted by Gasteiger charge is -2.32. The monoisotopic (exact) mass is 701 g/mol. The van der Waals surface area contributed by atoms with Crippen LogP contribution in [0.2, 0.25) is 10.0 Å². The standard InChI is InChI=1S/C28H30Cl2IN3O4S/c1-19(2)16-32-28(36)20(3)33(17-21-9-10-22(29)15-26(21)30)27(35)18-34(24-13-11-23(31)12-14-24)39(37,38)25-7-5-4-6-8-25/h4-15,19-20H,16-18H2,1-3H3,(H,32,36). The first-order chi connectivity index (χ1) is 18.4. The van der Waals surface area contributed by atoms with E-state index in [2.05, 4.69) is 27.9 Å². The topological polar surface area (TPSA) is 86.8 Å². The highest BCUT2D eigenvalue weighted by Crippen LogP contribution is 2.27. The van der Waals surface area contributed by atoms with Crippen LogP contribution in [0.25, 0.3) is 0 Å². The summed E-state index contributed by atoms with van der Waals surface area (Å²) in [6.45, 7) is 5.44. The van der Waals surface area contributed by atoms with Gasteiger partial charge in [0.25, 0.3) is 10.0 Å². The smallest absolute Gasteiger partial charge is 0.264 e. The third kappa shape index (κ3) is 8.33. The van der Waals surface area contributed by atoms with Crippen molar-refractivity contribution in [2.75, 3.05) is 17.4 Å². The maximum atomic E-state index is 13.9. The number of nitrogens with zero attached hydrogens (tertiary/aromatic N) is 2. The summed E-state index contributed by atoms with van der Waals surface area (Å²) in [4.78, 5) is 28.3. The number of hydrogen-bond acceptors (Lipinski definition) is 4.